The van der Waals surface area contributed by atoms with E-state index in [2.05, 4.69) is 24.8 Å². The van der Waals surface area contributed by atoms with Gasteiger partial charge in [-0.2, -0.15) is 0 Å². The molecule has 2 aromatic rings. The monoisotopic (exact) mass is 329 g/mol. The van der Waals surface area contributed by atoms with E-state index in [-0.39, 0.29) is 5.75 Å². The molecule has 4 heteroatoms. The number of nitrogens with zero attached hydrogens (tertiary/aromatic N) is 1. The third-order valence-corrected chi connectivity index (χ3v) is 6.78. The zero-order chi connectivity index (χ0) is 16.1. The number of thiophene rings is 1. The first kappa shape index (κ1) is 15.0. The Bertz CT molecular complexity index is 765. The van der Waals surface area contributed by atoms with Crippen molar-refractivity contribution in [1.82, 2.24) is 4.90 Å². The minimum atomic E-state index is 0.255. The van der Waals surface area contributed by atoms with Crippen LogP contribution in [-0.2, 0) is 19.4 Å². The summed E-state index contributed by atoms with van der Waals surface area (Å²) in [6, 6.07) is 4.34. The Morgan fingerprint density at radius 2 is 2.09 bits per heavy atom. The number of benzene rings is 1. The van der Waals surface area contributed by atoms with Crippen molar-refractivity contribution in [2.75, 3.05) is 13.7 Å². The van der Waals surface area contributed by atoms with Gasteiger partial charge in [-0.3, -0.25) is 4.90 Å². The van der Waals surface area contributed by atoms with Gasteiger partial charge in [0, 0.05) is 34.4 Å². The van der Waals surface area contributed by atoms with Crippen molar-refractivity contribution >= 4 is 11.3 Å². The normalized spacial score (nSPS) is 20.4. The Morgan fingerprint density at radius 3 is 2.87 bits per heavy atom. The maximum Gasteiger partial charge on any atom is 0.165 e. The van der Waals surface area contributed by atoms with E-state index < -0.39 is 0 Å². The van der Waals surface area contributed by atoms with Crippen LogP contribution in [0.2, 0.25) is 0 Å². The second-order valence-corrected chi connectivity index (χ2v) is 7.96. The van der Waals surface area contributed by atoms with Crippen LogP contribution in [-0.4, -0.2) is 23.7 Å². The van der Waals surface area contributed by atoms with Crippen molar-refractivity contribution in [3.63, 3.8) is 0 Å². The van der Waals surface area contributed by atoms with Gasteiger partial charge in [0.15, 0.2) is 11.5 Å². The van der Waals surface area contributed by atoms with Crippen molar-refractivity contribution in [1.29, 1.82) is 0 Å². The summed E-state index contributed by atoms with van der Waals surface area (Å²) in [4.78, 5) is 5.63. The fraction of sp³-hybridized carbons (Fsp3) is 0.474. The largest absolute Gasteiger partial charge is 0.504 e. The second-order valence-electron chi connectivity index (χ2n) is 6.65. The average molecular weight is 329 g/mol. The minimum Gasteiger partial charge on any atom is -0.504 e. The van der Waals surface area contributed by atoms with E-state index in [1.807, 2.05) is 11.3 Å². The molecular weight excluding hydrogens is 306 g/mol. The number of aryl methyl sites for hydroxylation is 2. The molecule has 3 nitrogen and oxygen atoms in total. The van der Waals surface area contributed by atoms with Gasteiger partial charge in [0.2, 0.25) is 0 Å². The van der Waals surface area contributed by atoms with Crippen LogP contribution in [0.3, 0.4) is 0 Å². The molecule has 0 unspecified atom stereocenters. The first-order valence-corrected chi connectivity index (χ1v) is 9.12. The van der Waals surface area contributed by atoms with E-state index in [0.29, 0.717) is 11.8 Å². The number of methoxy groups -OCH3 is 1. The van der Waals surface area contributed by atoms with Gasteiger partial charge in [0.05, 0.1) is 7.11 Å². The summed E-state index contributed by atoms with van der Waals surface area (Å²) < 4.78 is 5.50. The third-order valence-electron chi connectivity index (χ3n) is 5.50. The quantitative estimate of drug-likeness (QED) is 0.854. The highest BCUT2D eigenvalue weighted by molar-refractivity contribution is 7.12. The van der Waals surface area contributed by atoms with Gasteiger partial charge < -0.3 is 9.84 Å². The number of phenols is 1. The van der Waals surface area contributed by atoms with Crippen LogP contribution >= 0.6 is 11.3 Å². The number of fused-ring (bicyclic) bond motifs is 4. The van der Waals surface area contributed by atoms with Crippen LogP contribution in [0, 0.1) is 13.8 Å². The smallest absolute Gasteiger partial charge is 0.165 e. The van der Waals surface area contributed by atoms with E-state index in [9.17, 15) is 5.11 Å². The van der Waals surface area contributed by atoms with E-state index in [4.69, 9.17) is 4.74 Å². The number of phenolic OH excluding ortho intramolecular Hbond substituents is 1. The molecule has 122 valence electrons. The molecule has 0 bridgehead atoms. The summed E-state index contributed by atoms with van der Waals surface area (Å²) in [5.74, 6) is 0.914. The highest BCUT2D eigenvalue weighted by atomic mass is 32.1. The van der Waals surface area contributed by atoms with Crippen LogP contribution in [0.25, 0.3) is 0 Å². The molecule has 0 saturated heterocycles. The van der Waals surface area contributed by atoms with Crippen molar-refractivity contribution in [3.8, 4) is 11.5 Å². The highest BCUT2D eigenvalue weighted by Gasteiger charge is 2.34. The summed E-state index contributed by atoms with van der Waals surface area (Å²) in [6.45, 7) is 6.48. The highest BCUT2D eigenvalue weighted by Crippen LogP contribution is 2.45. The molecule has 0 aliphatic carbocycles. The molecule has 0 amide bonds. The Balaban J connectivity index is 1.77. The summed E-state index contributed by atoms with van der Waals surface area (Å²) in [7, 11) is 1.65. The Kier molecular flexibility index (Phi) is 3.62. The fourth-order valence-electron chi connectivity index (χ4n) is 4.22. The lowest BCUT2D eigenvalue weighted by Crippen LogP contribution is -2.33. The first-order valence-electron chi connectivity index (χ1n) is 8.30. The van der Waals surface area contributed by atoms with Crippen molar-refractivity contribution in [3.05, 3.63) is 44.1 Å². The molecule has 1 N–H and O–H groups in total. The third kappa shape index (κ3) is 2.27. The standard InChI is InChI=1S/C19H23NO2S/c1-11-12(2)23-17-8-9-20-10-14-13(4-6-15(20)18(11)17)5-7-16(21)19(14)22-3/h5,7,15,21H,4,6,8-10H2,1-3H3/t15-/m0/s1. The van der Waals surface area contributed by atoms with E-state index >= 15 is 0 Å². The van der Waals surface area contributed by atoms with Crippen molar-refractivity contribution in [2.45, 2.75) is 45.7 Å². The maximum atomic E-state index is 10.1. The van der Waals surface area contributed by atoms with Gasteiger partial charge in [-0.1, -0.05) is 6.07 Å². The molecule has 0 saturated carbocycles. The van der Waals surface area contributed by atoms with Gasteiger partial charge in [0.25, 0.3) is 0 Å². The second kappa shape index (κ2) is 5.53. The minimum absolute atomic E-state index is 0.255. The van der Waals surface area contributed by atoms with Crippen LogP contribution in [0.15, 0.2) is 12.1 Å². The molecule has 0 spiro atoms. The van der Waals surface area contributed by atoms with E-state index in [0.717, 1.165) is 32.4 Å². The number of ether oxygens (including phenoxy) is 1. The zero-order valence-corrected chi connectivity index (χ0v) is 14.8. The fourth-order valence-corrected chi connectivity index (χ4v) is 5.45. The average Bonchev–Trinajstić information content (AvgIpc) is 2.72. The van der Waals surface area contributed by atoms with E-state index in [1.165, 1.54) is 21.6 Å². The number of rotatable bonds is 1. The lowest BCUT2D eigenvalue weighted by Gasteiger charge is -2.35. The van der Waals surface area contributed by atoms with Gasteiger partial charge in [-0.25, -0.2) is 0 Å². The molecule has 2 aliphatic rings. The Labute approximate surface area is 141 Å². The summed E-state index contributed by atoms with van der Waals surface area (Å²) >= 11 is 1.98. The van der Waals surface area contributed by atoms with Crippen LogP contribution in [0.4, 0.5) is 0 Å². The molecule has 0 fully saturated rings. The molecule has 4 rings (SSSR count). The zero-order valence-electron chi connectivity index (χ0n) is 14.0. The number of hydrogen-bond acceptors (Lipinski definition) is 4. The predicted molar refractivity (Wildman–Crippen MR) is 93.6 cm³/mol. The molecular formula is C19H23NO2S. The van der Waals surface area contributed by atoms with Crippen LogP contribution in [0.1, 0.15) is 44.5 Å². The summed E-state index contributed by atoms with van der Waals surface area (Å²) in [6.07, 6.45) is 3.33. The Hall–Kier alpha value is -1.52. The van der Waals surface area contributed by atoms with Gasteiger partial charge >= 0.3 is 0 Å². The summed E-state index contributed by atoms with van der Waals surface area (Å²) in [5, 5.41) is 10.1. The van der Waals surface area contributed by atoms with Crippen LogP contribution < -0.4 is 4.74 Å². The number of hydrogen-bond donors (Lipinski definition) is 1. The molecule has 3 heterocycles. The molecule has 2 aliphatic heterocycles. The van der Waals surface area contributed by atoms with Gasteiger partial charge in [0.1, 0.15) is 0 Å². The topological polar surface area (TPSA) is 32.7 Å². The predicted octanol–water partition coefficient (Wildman–Crippen LogP) is 4.12. The molecule has 1 aromatic carbocycles. The molecule has 23 heavy (non-hydrogen) atoms. The lowest BCUT2D eigenvalue weighted by molar-refractivity contribution is 0.173. The van der Waals surface area contributed by atoms with Gasteiger partial charge in [-0.15, -0.1) is 11.3 Å². The maximum absolute atomic E-state index is 10.1. The van der Waals surface area contributed by atoms with Crippen molar-refractivity contribution in [2.24, 2.45) is 0 Å². The molecule has 1 atom stereocenters. The van der Waals surface area contributed by atoms with Crippen molar-refractivity contribution < 1.29 is 9.84 Å². The van der Waals surface area contributed by atoms with Gasteiger partial charge in [-0.05, 0) is 55.9 Å². The summed E-state index contributed by atoms with van der Waals surface area (Å²) in [5.41, 5.74) is 5.55. The molecule has 1 aromatic heterocycles. The Morgan fingerprint density at radius 1 is 1.26 bits per heavy atom. The van der Waals surface area contributed by atoms with E-state index in [1.54, 1.807) is 23.6 Å². The molecule has 0 radical (unpaired) electrons. The van der Waals surface area contributed by atoms with Crippen LogP contribution in [0.5, 0.6) is 11.5 Å². The SMILES string of the molecule is COc1c(O)ccc2c1CN1CCc3sc(C)c(C)c3[C@@H]1CC2. The first-order chi connectivity index (χ1) is 11.1. The number of aromatic hydroxyl groups is 1. The lowest BCUT2D eigenvalue weighted by atomic mass is 9.92.